The first-order valence-electron chi connectivity index (χ1n) is 9.71. The lowest BCUT2D eigenvalue weighted by Crippen LogP contribution is -2.37. The van der Waals surface area contributed by atoms with Gasteiger partial charge in [0, 0.05) is 11.3 Å². The fraction of sp³-hybridized carbons (Fsp3) is 0.208. The average molecular weight is 440 g/mol. The van der Waals surface area contributed by atoms with E-state index in [0.717, 1.165) is 0 Å². The number of ether oxygens (including phenoxy) is 1. The highest BCUT2D eigenvalue weighted by Gasteiger charge is 2.36. The monoisotopic (exact) mass is 439 g/mol. The van der Waals surface area contributed by atoms with Gasteiger partial charge in [0.1, 0.15) is 24.2 Å². The molecule has 0 saturated carbocycles. The molecule has 0 amide bonds. The van der Waals surface area contributed by atoms with E-state index < -0.39 is 11.6 Å². The number of Topliss-reactive ketones (excluding diaryl/α,β-unsaturated/α-hetero) is 1. The maximum absolute atomic E-state index is 12.9. The number of halogens is 2. The van der Waals surface area contributed by atoms with Crippen molar-refractivity contribution < 1.29 is 13.9 Å². The summed E-state index contributed by atoms with van der Waals surface area (Å²) in [6, 6.07) is 22.1. The lowest BCUT2D eigenvalue weighted by Gasteiger charge is -2.26. The maximum Gasteiger partial charge on any atom is 0.252 e. The van der Waals surface area contributed by atoms with E-state index >= 15 is 0 Å². The molecule has 1 atom stereocenters. The number of hydrogen-bond acceptors (Lipinski definition) is 4. The van der Waals surface area contributed by atoms with Gasteiger partial charge < -0.3 is 4.74 Å². The van der Waals surface area contributed by atoms with Gasteiger partial charge in [0.2, 0.25) is 5.78 Å². The average Bonchev–Trinajstić information content (AvgIpc) is 3.33. The van der Waals surface area contributed by atoms with E-state index in [1.54, 1.807) is 13.8 Å². The first kappa shape index (κ1) is 22.4. The third-order valence-electron chi connectivity index (χ3n) is 4.62. The van der Waals surface area contributed by atoms with Crippen LogP contribution in [0.3, 0.4) is 0 Å². The van der Waals surface area contributed by atoms with E-state index in [9.17, 15) is 9.18 Å². The molecule has 1 unspecified atom stereocenters. The molecule has 160 valence electrons. The Morgan fingerprint density at radius 3 is 2.03 bits per heavy atom. The fourth-order valence-corrected chi connectivity index (χ4v) is 2.87. The Balaban J connectivity index is 0.000000225. The second kappa shape index (κ2) is 10.2. The molecule has 7 heteroatoms. The van der Waals surface area contributed by atoms with Gasteiger partial charge in [-0.3, -0.25) is 4.79 Å². The molecule has 0 bridgehead atoms. The molecule has 5 nitrogen and oxygen atoms in total. The lowest BCUT2D eigenvalue weighted by atomic mass is 9.89. The summed E-state index contributed by atoms with van der Waals surface area (Å²) in [7, 11) is 0. The Morgan fingerprint density at radius 1 is 1.03 bits per heavy atom. The summed E-state index contributed by atoms with van der Waals surface area (Å²) in [5.41, 5.74) is -0.793. The van der Waals surface area contributed by atoms with Crippen LogP contribution in [0, 0.1) is 11.2 Å². The number of aromatic nitrogens is 3. The van der Waals surface area contributed by atoms with Gasteiger partial charge in [-0.2, -0.15) is 5.10 Å². The van der Waals surface area contributed by atoms with Gasteiger partial charge in [0.15, 0.2) is 0 Å². The van der Waals surface area contributed by atoms with Crippen molar-refractivity contribution in [3.63, 3.8) is 0 Å². The summed E-state index contributed by atoms with van der Waals surface area (Å²) in [5.74, 6) is -0.126. The summed E-state index contributed by atoms with van der Waals surface area (Å²) in [6.07, 6.45) is 1.69. The smallest absolute Gasteiger partial charge is 0.252 e. The van der Waals surface area contributed by atoms with Crippen LogP contribution < -0.4 is 4.74 Å². The minimum absolute atomic E-state index is 0.143. The second-order valence-electron chi connectivity index (χ2n) is 7.53. The number of carbonyl (C=O) groups is 1. The molecule has 0 radical (unpaired) electrons. The van der Waals surface area contributed by atoms with Crippen LogP contribution in [0.5, 0.6) is 5.75 Å². The van der Waals surface area contributed by atoms with Gasteiger partial charge in [0.05, 0.1) is 0 Å². The van der Waals surface area contributed by atoms with Gasteiger partial charge >= 0.3 is 0 Å². The molecule has 0 N–H and O–H groups in total. The molecule has 4 rings (SSSR count). The van der Waals surface area contributed by atoms with Crippen LogP contribution in [0.1, 0.15) is 20.1 Å². The molecule has 0 fully saturated rings. The van der Waals surface area contributed by atoms with Gasteiger partial charge in [-0.1, -0.05) is 62.4 Å². The largest absolute Gasteiger partial charge is 0.461 e. The zero-order valence-corrected chi connectivity index (χ0v) is 18.0. The first-order chi connectivity index (χ1) is 14.9. The quantitative estimate of drug-likeness (QED) is 0.363. The number of hydrogen-bond donors (Lipinski definition) is 0. The van der Waals surface area contributed by atoms with Crippen LogP contribution in [-0.4, -0.2) is 26.4 Å². The molecular weight excluding hydrogens is 417 g/mol. The van der Waals surface area contributed by atoms with Crippen LogP contribution in [0.25, 0.3) is 10.8 Å². The van der Waals surface area contributed by atoms with E-state index in [4.69, 9.17) is 16.3 Å². The van der Waals surface area contributed by atoms with Crippen molar-refractivity contribution in [3.05, 3.63) is 91.3 Å². The molecule has 0 spiro atoms. The molecular formula is C24H23ClFN3O2. The Hall–Kier alpha value is -3.25. The zero-order chi connectivity index (χ0) is 22.3. The normalized spacial score (nSPS) is 12.0. The number of ketones is 1. The SMILES string of the molecule is CC(C)(CCl)C(=O)C(Oc1ccc(F)cc1)n1cncn1.c1ccc2ccccc2c1. The standard InChI is InChI=1S/C14H15ClFN3O2.C10H8/c1-14(2,7-15)12(20)13(19-9-17-8-18-19)21-11-5-3-10(16)4-6-11;1-2-6-10-8-4-3-7-9(10)5-1/h3-6,8-9,13H,7H2,1-2H3;1-8H. The Bertz CT molecular complexity index is 1050. The molecule has 0 aliphatic carbocycles. The topological polar surface area (TPSA) is 57.0 Å². The number of benzene rings is 3. The Kier molecular flexibility index (Phi) is 7.36. The van der Waals surface area contributed by atoms with Crippen LogP contribution in [0.2, 0.25) is 0 Å². The van der Waals surface area contributed by atoms with Crippen LogP contribution in [0.15, 0.2) is 85.5 Å². The third-order valence-corrected chi connectivity index (χ3v) is 5.29. The van der Waals surface area contributed by atoms with E-state index in [2.05, 4.69) is 58.6 Å². The van der Waals surface area contributed by atoms with Crippen LogP contribution >= 0.6 is 11.6 Å². The summed E-state index contributed by atoms with van der Waals surface area (Å²) in [6.45, 7) is 3.45. The third kappa shape index (κ3) is 5.89. The van der Waals surface area contributed by atoms with Crippen molar-refractivity contribution in [2.75, 3.05) is 5.88 Å². The molecule has 1 aromatic heterocycles. The first-order valence-corrected chi connectivity index (χ1v) is 10.2. The molecule has 4 aromatic rings. The predicted octanol–water partition coefficient (Wildman–Crippen LogP) is 5.67. The van der Waals surface area contributed by atoms with E-state index in [1.807, 2.05) is 0 Å². The van der Waals surface area contributed by atoms with Crippen molar-refractivity contribution in [2.24, 2.45) is 5.41 Å². The van der Waals surface area contributed by atoms with Crippen molar-refractivity contribution in [1.82, 2.24) is 14.8 Å². The van der Waals surface area contributed by atoms with E-state index in [-0.39, 0.29) is 17.5 Å². The summed E-state index contributed by atoms with van der Waals surface area (Å²) in [4.78, 5) is 16.4. The maximum atomic E-state index is 12.9. The highest BCUT2D eigenvalue weighted by atomic mass is 35.5. The minimum atomic E-state index is -1.01. The molecule has 3 aromatic carbocycles. The van der Waals surface area contributed by atoms with Gasteiger partial charge in [0.25, 0.3) is 6.23 Å². The van der Waals surface area contributed by atoms with Gasteiger partial charge in [-0.05, 0) is 35.0 Å². The number of nitrogens with zero attached hydrogens (tertiary/aromatic N) is 3. The van der Waals surface area contributed by atoms with Gasteiger partial charge in [-0.25, -0.2) is 14.1 Å². The molecule has 1 heterocycles. The second-order valence-corrected chi connectivity index (χ2v) is 7.80. The van der Waals surface area contributed by atoms with Crippen LogP contribution in [-0.2, 0) is 4.79 Å². The van der Waals surface area contributed by atoms with E-state index in [0.29, 0.717) is 5.75 Å². The van der Waals surface area contributed by atoms with Crippen molar-refractivity contribution >= 4 is 28.2 Å². The van der Waals surface area contributed by atoms with E-state index in [1.165, 1.54) is 52.4 Å². The highest BCUT2D eigenvalue weighted by Crippen LogP contribution is 2.27. The van der Waals surface area contributed by atoms with Crippen molar-refractivity contribution in [3.8, 4) is 5.75 Å². The minimum Gasteiger partial charge on any atom is -0.461 e. The number of carbonyl (C=O) groups excluding carboxylic acids is 1. The summed E-state index contributed by atoms with van der Waals surface area (Å²) >= 11 is 5.85. The Morgan fingerprint density at radius 2 is 1.58 bits per heavy atom. The molecule has 0 aliphatic rings. The van der Waals surface area contributed by atoms with Gasteiger partial charge in [-0.15, -0.1) is 11.6 Å². The van der Waals surface area contributed by atoms with Crippen molar-refractivity contribution in [2.45, 2.75) is 20.1 Å². The number of alkyl halides is 1. The Labute approximate surface area is 185 Å². The van der Waals surface area contributed by atoms with Crippen molar-refractivity contribution in [1.29, 1.82) is 0 Å². The number of rotatable bonds is 6. The highest BCUT2D eigenvalue weighted by molar-refractivity contribution is 6.20. The molecule has 31 heavy (non-hydrogen) atoms. The fourth-order valence-electron chi connectivity index (χ4n) is 2.74. The summed E-state index contributed by atoms with van der Waals surface area (Å²) in [5, 5.41) is 6.56. The molecule has 0 aliphatic heterocycles. The summed E-state index contributed by atoms with van der Waals surface area (Å²) < 4.78 is 19.9. The number of fused-ring (bicyclic) bond motifs is 1. The molecule has 0 saturated heterocycles. The zero-order valence-electron chi connectivity index (χ0n) is 17.3. The lowest BCUT2D eigenvalue weighted by molar-refractivity contribution is -0.138. The van der Waals surface area contributed by atoms with Crippen LogP contribution in [0.4, 0.5) is 4.39 Å². The predicted molar refractivity (Wildman–Crippen MR) is 120 cm³/mol.